The van der Waals surface area contributed by atoms with Crippen LogP contribution in [-0.4, -0.2) is 63.7 Å². The minimum Gasteiger partial charge on any atom is -0.383 e. The van der Waals surface area contributed by atoms with E-state index in [2.05, 4.69) is 4.90 Å². The monoisotopic (exact) mass is 188 g/mol. The second-order valence-corrected chi connectivity index (χ2v) is 3.29. The maximum absolute atomic E-state index is 10.5. The van der Waals surface area contributed by atoms with E-state index in [4.69, 9.17) is 4.74 Å². The van der Waals surface area contributed by atoms with Crippen LogP contribution in [0.15, 0.2) is 0 Å². The van der Waals surface area contributed by atoms with E-state index in [1.165, 1.54) is 0 Å². The molecule has 0 bridgehead atoms. The van der Waals surface area contributed by atoms with Gasteiger partial charge in [0.2, 0.25) is 6.41 Å². The van der Waals surface area contributed by atoms with Crippen LogP contribution >= 0.6 is 0 Å². The van der Waals surface area contributed by atoms with Crippen LogP contribution in [0.25, 0.3) is 0 Å². The second kappa shape index (κ2) is 8.01. The third-order valence-electron chi connectivity index (χ3n) is 1.78. The van der Waals surface area contributed by atoms with Crippen molar-refractivity contribution in [3.8, 4) is 0 Å². The smallest absolute Gasteiger partial charge is 0.209 e. The lowest BCUT2D eigenvalue weighted by molar-refractivity contribution is -0.118. The molecule has 0 N–H and O–H groups in total. The number of hydrogen-bond donors (Lipinski definition) is 0. The van der Waals surface area contributed by atoms with Gasteiger partial charge in [-0.3, -0.25) is 4.79 Å². The van der Waals surface area contributed by atoms with Crippen LogP contribution in [0, 0.1) is 0 Å². The quantitative estimate of drug-likeness (QED) is 0.504. The molecule has 0 unspecified atom stereocenters. The standard InChI is InChI=1S/C9H20N2O2/c1-10(2)5-4-6-11(9-12)7-8-13-3/h9H,4-8H2,1-3H3. The molecule has 0 aromatic rings. The van der Waals surface area contributed by atoms with Crippen molar-refractivity contribution in [2.75, 3.05) is 47.4 Å². The molecule has 0 saturated carbocycles. The fourth-order valence-corrected chi connectivity index (χ4v) is 1.02. The number of hydrogen-bond acceptors (Lipinski definition) is 3. The molecule has 0 aliphatic rings. The van der Waals surface area contributed by atoms with Crippen molar-refractivity contribution in [3.63, 3.8) is 0 Å². The largest absolute Gasteiger partial charge is 0.383 e. The van der Waals surface area contributed by atoms with Crippen molar-refractivity contribution in [3.05, 3.63) is 0 Å². The maximum atomic E-state index is 10.5. The van der Waals surface area contributed by atoms with Crippen LogP contribution < -0.4 is 0 Å². The van der Waals surface area contributed by atoms with Gasteiger partial charge >= 0.3 is 0 Å². The Hall–Kier alpha value is -0.610. The van der Waals surface area contributed by atoms with Gasteiger partial charge in [0.05, 0.1) is 6.61 Å². The Morgan fingerprint density at radius 3 is 2.38 bits per heavy atom. The van der Waals surface area contributed by atoms with Gasteiger partial charge in [0.1, 0.15) is 0 Å². The maximum Gasteiger partial charge on any atom is 0.209 e. The van der Waals surface area contributed by atoms with E-state index >= 15 is 0 Å². The van der Waals surface area contributed by atoms with Crippen LogP contribution in [-0.2, 0) is 9.53 Å². The summed E-state index contributed by atoms with van der Waals surface area (Å²) < 4.78 is 4.89. The minimum atomic E-state index is 0.612. The van der Waals surface area contributed by atoms with Crippen molar-refractivity contribution in [1.29, 1.82) is 0 Å². The molecule has 13 heavy (non-hydrogen) atoms. The Morgan fingerprint density at radius 1 is 1.23 bits per heavy atom. The highest BCUT2D eigenvalue weighted by Gasteiger charge is 2.00. The summed E-state index contributed by atoms with van der Waals surface area (Å²) in [6.07, 6.45) is 1.89. The van der Waals surface area contributed by atoms with Crippen molar-refractivity contribution in [1.82, 2.24) is 9.80 Å². The molecule has 4 nitrogen and oxygen atoms in total. The average Bonchev–Trinajstić information content (AvgIpc) is 2.10. The van der Waals surface area contributed by atoms with Gasteiger partial charge < -0.3 is 14.5 Å². The summed E-state index contributed by atoms with van der Waals surface area (Å²) in [5.41, 5.74) is 0. The zero-order valence-corrected chi connectivity index (χ0v) is 8.82. The highest BCUT2D eigenvalue weighted by Crippen LogP contribution is 1.89. The highest BCUT2D eigenvalue weighted by atomic mass is 16.5. The number of ether oxygens (including phenoxy) is 1. The molecule has 0 aromatic carbocycles. The molecule has 0 spiro atoms. The second-order valence-electron chi connectivity index (χ2n) is 3.29. The van der Waals surface area contributed by atoms with Crippen LogP contribution in [0.3, 0.4) is 0 Å². The number of rotatable bonds is 8. The molecule has 4 heteroatoms. The molecule has 0 fully saturated rings. The fourth-order valence-electron chi connectivity index (χ4n) is 1.02. The van der Waals surface area contributed by atoms with E-state index in [0.717, 1.165) is 25.9 Å². The van der Waals surface area contributed by atoms with Crippen LogP contribution in [0.2, 0.25) is 0 Å². The molecule has 0 aliphatic carbocycles. The lowest BCUT2D eigenvalue weighted by Crippen LogP contribution is -2.29. The fraction of sp³-hybridized carbons (Fsp3) is 0.889. The first-order chi connectivity index (χ1) is 6.20. The Kier molecular flexibility index (Phi) is 7.63. The zero-order chi connectivity index (χ0) is 10.1. The Labute approximate surface area is 80.5 Å². The normalized spacial score (nSPS) is 10.5. The first-order valence-electron chi connectivity index (χ1n) is 4.53. The number of nitrogens with zero attached hydrogens (tertiary/aromatic N) is 2. The van der Waals surface area contributed by atoms with Gasteiger partial charge in [-0.05, 0) is 27.1 Å². The summed E-state index contributed by atoms with van der Waals surface area (Å²) in [5, 5.41) is 0. The lowest BCUT2D eigenvalue weighted by Gasteiger charge is -2.17. The summed E-state index contributed by atoms with van der Waals surface area (Å²) in [6, 6.07) is 0. The summed E-state index contributed by atoms with van der Waals surface area (Å²) in [7, 11) is 5.70. The van der Waals surface area contributed by atoms with Gasteiger partial charge in [0.25, 0.3) is 0 Å². The van der Waals surface area contributed by atoms with E-state index in [0.29, 0.717) is 13.2 Å². The van der Waals surface area contributed by atoms with Gasteiger partial charge in [0.15, 0.2) is 0 Å². The average molecular weight is 188 g/mol. The Balaban J connectivity index is 3.42. The summed E-state index contributed by atoms with van der Waals surface area (Å²) >= 11 is 0. The van der Waals surface area contributed by atoms with Crippen LogP contribution in [0.5, 0.6) is 0 Å². The van der Waals surface area contributed by atoms with Crippen molar-refractivity contribution in [2.24, 2.45) is 0 Å². The molecule has 0 aliphatic heterocycles. The third kappa shape index (κ3) is 7.74. The molecular weight excluding hydrogens is 168 g/mol. The van der Waals surface area contributed by atoms with Gasteiger partial charge in [-0.1, -0.05) is 0 Å². The Morgan fingerprint density at radius 2 is 1.92 bits per heavy atom. The minimum absolute atomic E-state index is 0.612. The predicted molar refractivity (Wildman–Crippen MR) is 52.7 cm³/mol. The van der Waals surface area contributed by atoms with E-state index in [-0.39, 0.29) is 0 Å². The van der Waals surface area contributed by atoms with E-state index in [1.54, 1.807) is 12.0 Å². The summed E-state index contributed by atoms with van der Waals surface area (Å²) in [6.45, 7) is 3.12. The molecule has 0 radical (unpaired) electrons. The predicted octanol–water partition coefficient (Wildman–Crippen LogP) is 0.0429. The molecule has 0 rings (SSSR count). The number of methoxy groups -OCH3 is 1. The summed E-state index contributed by atoms with van der Waals surface area (Å²) in [4.78, 5) is 14.4. The Bertz CT molecular complexity index is 129. The molecule has 1 amide bonds. The molecule has 0 atom stereocenters. The SMILES string of the molecule is COCCN(C=O)CCCN(C)C. The van der Waals surface area contributed by atoms with Gasteiger partial charge in [-0.25, -0.2) is 0 Å². The van der Waals surface area contributed by atoms with Gasteiger partial charge in [-0.2, -0.15) is 0 Å². The highest BCUT2D eigenvalue weighted by molar-refractivity contribution is 5.46. The van der Waals surface area contributed by atoms with Crippen molar-refractivity contribution >= 4 is 6.41 Å². The first kappa shape index (κ1) is 12.4. The van der Waals surface area contributed by atoms with Crippen LogP contribution in [0.1, 0.15) is 6.42 Å². The number of amides is 1. The molecule has 0 aromatic heterocycles. The molecular formula is C9H20N2O2. The zero-order valence-electron chi connectivity index (χ0n) is 8.82. The number of carbonyl (C=O) groups excluding carboxylic acids is 1. The summed E-state index contributed by atoms with van der Waals surface area (Å²) in [5.74, 6) is 0. The van der Waals surface area contributed by atoms with Gasteiger partial charge in [0, 0.05) is 20.2 Å². The van der Waals surface area contributed by atoms with Crippen LogP contribution in [0.4, 0.5) is 0 Å². The van der Waals surface area contributed by atoms with Crippen molar-refractivity contribution in [2.45, 2.75) is 6.42 Å². The third-order valence-corrected chi connectivity index (χ3v) is 1.78. The van der Waals surface area contributed by atoms with E-state index in [9.17, 15) is 4.79 Å². The molecule has 0 heterocycles. The van der Waals surface area contributed by atoms with E-state index < -0.39 is 0 Å². The molecule has 78 valence electrons. The van der Waals surface area contributed by atoms with Gasteiger partial charge in [-0.15, -0.1) is 0 Å². The molecule has 0 saturated heterocycles. The number of carbonyl (C=O) groups is 1. The lowest BCUT2D eigenvalue weighted by atomic mass is 10.4. The first-order valence-corrected chi connectivity index (χ1v) is 4.53. The van der Waals surface area contributed by atoms with Crippen molar-refractivity contribution < 1.29 is 9.53 Å². The topological polar surface area (TPSA) is 32.8 Å². The van der Waals surface area contributed by atoms with E-state index in [1.807, 2.05) is 14.1 Å².